The summed E-state index contributed by atoms with van der Waals surface area (Å²) in [5.41, 5.74) is 3.33. The molecule has 3 aromatic carbocycles. The smallest absolute Gasteiger partial charge is 0.339 e. The summed E-state index contributed by atoms with van der Waals surface area (Å²) < 4.78 is 35.1. The van der Waals surface area contributed by atoms with Crippen molar-refractivity contribution in [3.63, 3.8) is 0 Å². The molecule has 0 atom stereocenters. The van der Waals surface area contributed by atoms with Crippen molar-refractivity contribution in [1.82, 2.24) is 5.43 Å². The van der Waals surface area contributed by atoms with Crippen LogP contribution in [0.4, 0.5) is 0 Å². The maximum Gasteiger partial charge on any atom is 0.339 e. The third-order valence-electron chi connectivity index (χ3n) is 3.90. The van der Waals surface area contributed by atoms with Gasteiger partial charge in [-0.3, -0.25) is 4.79 Å². The zero-order valence-corrected chi connectivity index (χ0v) is 17.4. The number of hydrogen-bond acceptors (Lipinski definition) is 6. The lowest BCUT2D eigenvalue weighted by molar-refractivity contribution is 0.0955. The van der Waals surface area contributed by atoms with Crippen LogP contribution in [0.2, 0.25) is 5.02 Å². The first-order valence-electron chi connectivity index (χ1n) is 8.65. The summed E-state index contributed by atoms with van der Waals surface area (Å²) in [4.78, 5) is 12.0. The molecule has 0 fully saturated rings. The van der Waals surface area contributed by atoms with E-state index >= 15 is 0 Å². The average molecular weight is 445 g/mol. The zero-order valence-electron chi connectivity index (χ0n) is 15.8. The molecule has 9 heteroatoms. The van der Waals surface area contributed by atoms with E-state index in [0.29, 0.717) is 21.9 Å². The fraction of sp³-hybridized carbons (Fsp3) is 0.0476. The molecular formula is C21H17ClN2O5S. The number of amides is 1. The highest BCUT2D eigenvalue weighted by molar-refractivity contribution is 7.87. The Morgan fingerprint density at radius 2 is 1.70 bits per heavy atom. The number of ether oxygens (including phenoxy) is 1. The Kier molecular flexibility index (Phi) is 6.71. The monoisotopic (exact) mass is 444 g/mol. The molecule has 0 radical (unpaired) electrons. The van der Waals surface area contributed by atoms with Gasteiger partial charge in [0.1, 0.15) is 16.4 Å². The second-order valence-corrected chi connectivity index (χ2v) is 7.97. The molecule has 0 aliphatic heterocycles. The number of rotatable bonds is 7. The molecule has 0 aliphatic rings. The second-order valence-electron chi connectivity index (χ2n) is 5.99. The summed E-state index contributed by atoms with van der Waals surface area (Å²) >= 11 is 5.79. The van der Waals surface area contributed by atoms with Crippen molar-refractivity contribution in [1.29, 1.82) is 0 Å². The summed E-state index contributed by atoms with van der Waals surface area (Å²) in [7, 11) is -2.52. The molecule has 30 heavy (non-hydrogen) atoms. The molecule has 0 unspecified atom stereocenters. The molecule has 0 saturated heterocycles. The molecule has 0 aliphatic carbocycles. The van der Waals surface area contributed by atoms with Crippen molar-refractivity contribution < 1.29 is 22.1 Å². The van der Waals surface area contributed by atoms with Gasteiger partial charge in [-0.1, -0.05) is 23.7 Å². The zero-order chi connectivity index (χ0) is 21.6. The molecule has 3 aromatic rings. The van der Waals surface area contributed by atoms with Crippen LogP contribution in [0.1, 0.15) is 15.9 Å². The van der Waals surface area contributed by atoms with E-state index in [4.69, 9.17) is 20.5 Å². The molecule has 7 nitrogen and oxygen atoms in total. The predicted molar refractivity (Wildman–Crippen MR) is 114 cm³/mol. The number of nitrogens with one attached hydrogen (secondary N) is 1. The summed E-state index contributed by atoms with van der Waals surface area (Å²) in [5, 5.41) is 4.40. The molecule has 0 aromatic heterocycles. The molecule has 1 N–H and O–H groups in total. The number of nitrogens with zero attached hydrogens (tertiary/aromatic N) is 1. The minimum atomic E-state index is -4.01. The van der Waals surface area contributed by atoms with E-state index in [-0.39, 0.29) is 10.6 Å². The minimum Gasteiger partial charge on any atom is -0.497 e. The normalized spacial score (nSPS) is 11.3. The van der Waals surface area contributed by atoms with Gasteiger partial charge in [0.25, 0.3) is 5.91 Å². The van der Waals surface area contributed by atoms with Crippen molar-refractivity contribution >= 4 is 33.8 Å². The van der Waals surface area contributed by atoms with Crippen LogP contribution in [-0.4, -0.2) is 27.6 Å². The molecule has 0 saturated carbocycles. The van der Waals surface area contributed by atoms with Crippen LogP contribution in [0.5, 0.6) is 11.5 Å². The van der Waals surface area contributed by atoms with Crippen LogP contribution in [0.15, 0.2) is 82.8 Å². The highest BCUT2D eigenvalue weighted by atomic mass is 35.5. The van der Waals surface area contributed by atoms with E-state index < -0.39 is 16.0 Å². The molecule has 154 valence electrons. The number of carbonyl (C=O) groups excluding carboxylic acids is 1. The van der Waals surface area contributed by atoms with Crippen LogP contribution in [-0.2, 0) is 10.1 Å². The number of hydrogen-bond donors (Lipinski definition) is 1. The van der Waals surface area contributed by atoms with Gasteiger partial charge in [-0.2, -0.15) is 13.5 Å². The van der Waals surface area contributed by atoms with Crippen molar-refractivity contribution in [2.24, 2.45) is 5.10 Å². The molecule has 0 bridgehead atoms. The van der Waals surface area contributed by atoms with Crippen molar-refractivity contribution in [3.05, 3.63) is 88.9 Å². The van der Waals surface area contributed by atoms with Gasteiger partial charge in [0.05, 0.1) is 13.3 Å². The standard InChI is InChI=1S/C21H17ClN2O5S/c1-28-18-9-11-20(12-10-18)30(26,27)29-19-4-2-3-15(13-19)14-23-24-21(25)16-5-7-17(22)8-6-16/h2-14H,1H3,(H,24,25)/b23-14-. The van der Waals surface area contributed by atoms with Crippen molar-refractivity contribution in [3.8, 4) is 11.5 Å². The van der Waals surface area contributed by atoms with Crippen molar-refractivity contribution in [2.75, 3.05) is 7.11 Å². The van der Waals surface area contributed by atoms with Gasteiger partial charge >= 0.3 is 10.1 Å². The lowest BCUT2D eigenvalue weighted by atomic mass is 10.2. The summed E-state index contributed by atoms with van der Waals surface area (Å²) in [6, 6.07) is 18.5. The Hall–Kier alpha value is -3.36. The second kappa shape index (κ2) is 9.43. The fourth-order valence-corrected chi connectivity index (χ4v) is 3.44. The topological polar surface area (TPSA) is 94.1 Å². The first-order chi connectivity index (χ1) is 14.4. The quantitative estimate of drug-likeness (QED) is 0.339. The van der Waals surface area contributed by atoms with Gasteiger partial charge in [-0.25, -0.2) is 5.43 Å². The molecule has 1 amide bonds. The van der Waals surface area contributed by atoms with E-state index in [1.54, 1.807) is 36.4 Å². The Morgan fingerprint density at radius 1 is 1.00 bits per heavy atom. The third-order valence-corrected chi connectivity index (χ3v) is 5.41. The van der Waals surface area contributed by atoms with E-state index in [1.807, 2.05) is 0 Å². The number of carbonyl (C=O) groups is 1. The fourth-order valence-electron chi connectivity index (χ4n) is 2.40. The van der Waals surface area contributed by atoms with E-state index in [1.165, 1.54) is 49.7 Å². The van der Waals surface area contributed by atoms with Gasteiger partial charge in [0.15, 0.2) is 0 Å². The molecule has 0 heterocycles. The van der Waals surface area contributed by atoms with Gasteiger partial charge in [0.2, 0.25) is 0 Å². The van der Waals surface area contributed by atoms with Crippen LogP contribution in [0, 0.1) is 0 Å². The number of benzene rings is 3. The first-order valence-corrected chi connectivity index (χ1v) is 10.4. The molecule has 3 rings (SSSR count). The maximum atomic E-state index is 12.4. The molecule has 0 spiro atoms. The largest absolute Gasteiger partial charge is 0.497 e. The Balaban J connectivity index is 1.67. The van der Waals surface area contributed by atoms with Crippen LogP contribution in [0.25, 0.3) is 0 Å². The summed E-state index contributed by atoms with van der Waals surface area (Å²) in [5.74, 6) is 0.240. The summed E-state index contributed by atoms with van der Waals surface area (Å²) in [6.45, 7) is 0. The minimum absolute atomic E-state index is 0.00222. The Morgan fingerprint density at radius 3 is 2.37 bits per heavy atom. The highest BCUT2D eigenvalue weighted by Gasteiger charge is 2.16. The number of halogens is 1. The number of hydrazone groups is 1. The lowest BCUT2D eigenvalue weighted by Crippen LogP contribution is -2.17. The number of methoxy groups -OCH3 is 1. The third kappa shape index (κ3) is 5.59. The Labute approximate surface area is 179 Å². The SMILES string of the molecule is COc1ccc(S(=O)(=O)Oc2cccc(/C=N\NC(=O)c3ccc(Cl)cc3)c2)cc1. The van der Waals surface area contributed by atoms with E-state index in [2.05, 4.69) is 10.5 Å². The first kappa shape index (κ1) is 21.4. The highest BCUT2D eigenvalue weighted by Crippen LogP contribution is 2.21. The predicted octanol–water partition coefficient (Wildman–Crippen LogP) is 3.88. The van der Waals surface area contributed by atoms with E-state index in [9.17, 15) is 13.2 Å². The van der Waals surface area contributed by atoms with Crippen LogP contribution in [0.3, 0.4) is 0 Å². The van der Waals surface area contributed by atoms with Crippen LogP contribution >= 0.6 is 11.6 Å². The average Bonchev–Trinajstić information content (AvgIpc) is 2.74. The van der Waals surface area contributed by atoms with Gasteiger partial charge in [-0.05, 0) is 66.2 Å². The molecular weight excluding hydrogens is 428 g/mol. The maximum absolute atomic E-state index is 12.4. The van der Waals surface area contributed by atoms with Crippen molar-refractivity contribution in [2.45, 2.75) is 4.90 Å². The lowest BCUT2D eigenvalue weighted by Gasteiger charge is -2.08. The van der Waals surface area contributed by atoms with Gasteiger partial charge in [-0.15, -0.1) is 0 Å². The Bertz CT molecular complexity index is 1160. The van der Waals surface area contributed by atoms with Crippen LogP contribution < -0.4 is 14.3 Å². The van der Waals surface area contributed by atoms with Gasteiger partial charge in [0, 0.05) is 10.6 Å². The van der Waals surface area contributed by atoms with E-state index in [0.717, 1.165) is 0 Å². The van der Waals surface area contributed by atoms with Gasteiger partial charge < -0.3 is 8.92 Å². The summed E-state index contributed by atoms with van der Waals surface area (Å²) in [6.07, 6.45) is 1.38.